The van der Waals surface area contributed by atoms with Crippen LogP contribution in [0, 0.1) is 39.4 Å². The number of hydrogen-bond acceptors (Lipinski definition) is 2. The molecule has 4 rings (SSSR count). The molecule has 8 atom stereocenters. The van der Waals surface area contributed by atoms with Gasteiger partial charge in [-0.1, -0.05) is 46.8 Å². The Hall–Kier alpha value is -0.600. The Balaban J connectivity index is 1.62. The van der Waals surface area contributed by atoms with Crippen LogP contribution in [0.2, 0.25) is 0 Å². The lowest BCUT2D eigenvalue weighted by Gasteiger charge is -2.70. The molecule has 182 valence electrons. The molecule has 0 bridgehead atoms. The van der Waals surface area contributed by atoms with E-state index in [1.165, 1.54) is 24.8 Å². The average molecular weight is 443 g/mol. The van der Waals surface area contributed by atoms with Gasteiger partial charge in [0.1, 0.15) is 0 Å². The van der Waals surface area contributed by atoms with E-state index in [1.54, 1.807) is 0 Å². The molecule has 0 aromatic heterocycles. The van der Waals surface area contributed by atoms with Gasteiger partial charge in [-0.2, -0.15) is 0 Å². The monoisotopic (exact) mass is 442 g/mol. The minimum absolute atomic E-state index is 0.0000650. The summed E-state index contributed by atoms with van der Waals surface area (Å²) in [5.41, 5.74) is 2.31. The summed E-state index contributed by atoms with van der Waals surface area (Å²) in [6.45, 7) is 22.9. The summed E-state index contributed by atoms with van der Waals surface area (Å²) in [5.74, 6) is 1.60. The Morgan fingerprint density at radius 2 is 1.41 bits per heavy atom. The van der Waals surface area contributed by atoms with Gasteiger partial charge in [0.15, 0.2) is 0 Å². The molecule has 2 N–H and O–H groups in total. The van der Waals surface area contributed by atoms with Crippen molar-refractivity contribution >= 4 is 0 Å². The van der Waals surface area contributed by atoms with Crippen LogP contribution in [0.1, 0.15) is 112 Å². The van der Waals surface area contributed by atoms with Crippen molar-refractivity contribution in [3.05, 3.63) is 24.3 Å². The Morgan fingerprint density at radius 1 is 0.781 bits per heavy atom. The van der Waals surface area contributed by atoms with Gasteiger partial charge in [-0.05, 0) is 123 Å². The van der Waals surface area contributed by atoms with Crippen molar-refractivity contribution in [3.8, 4) is 0 Å². The number of allylic oxidation sites excluding steroid dienone is 1. The van der Waals surface area contributed by atoms with Gasteiger partial charge in [-0.15, -0.1) is 6.58 Å². The van der Waals surface area contributed by atoms with E-state index < -0.39 is 5.60 Å². The number of aliphatic hydroxyl groups is 2. The topological polar surface area (TPSA) is 40.5 Å². The van der Waals surface area contributed by atoms with Gasteiger partial charge in [-0.3, -0.25) is 0 Å². The summed E-state index contributed by atoms with van der Waals surface area (Å²) in [7, 11) is 0. The van der Waals surface area contributed by atoms with Gasteiger partial charge < -0.3 is 10.2 Å². The molecule has 0 aromatic rings. The molecule has 0 amide bonds. The molecule has 0 radical (unpaired) electrons. The smallest absolute Gasteiger partial charge is 0.0887 e. The minimum atomic E-state index is -0.697. The Morgan fingerprint density at radius 3 is 2.06 bits per heavy atom. The second-order valence-corrected chi connectivity index (χ2v) is 13.8. The lowest BCUT2D eigenvalue weighted by Crippen LogP contribution is -2.64. The van der Waals surface area contributed by atoms with Crippen molar-refractivity contribution in [2.75, 3.05) is 0 Å². The molecule has 4 saturated carbocycles. The molecule has 2 heteroatoms. The number of hydrogen-bond donors (Lipinski definition) is 2. The maximum atomic E-state index is 12.0. The van der Waals surface area contributed by atoms with Gasteiger partial charge in [0.2, 0.25) is 0 Å². The van der Waals surface area contributed by atoms with Crippen molar-refractivity contribution in [1.82, 2.24) is 0 Å². The fourth-order valence-corrected chi connectivity index (χ4v) is 10.0. The van der Waals surface area contributed by atoms with Crippen molar-refractivity contribution in [1.29, 1.82) is 0 Å². The molecule has 0 spiro atoms. The second-order valence-electron chi connectivity index (χ2n) is 13.8. The van der Waals surface area contributed by atoms with Crippen LogP contribution in [0.5, 0.6) is 0 Å². The SMILES string of the molecule is C=C(C)CCCC(=C)[C@@]1(O)CC[C@]2(C)[C@@H]1CC[C@@H]1[C@@]3(C)CC[C@H](O)C(C)(C)[C@@H]3CC[C@]12C. The number of rotatable bonds is 5. The van der Waals surface area contributed by atoms with E-state index in [4.69, 9.17) is 0 Å². The van der Waals surface area contributed by atoms with E-state index in [2.05, 4.69) is 54.7 Å². The van der Waals surface area contributed by atoms with Crippen LogP contribution in [0.25, 0.3) is 0 Å². The van der Waals surface area contributed by atoms with E-state index in [1.807, 2.05) is 0 Å². The lowest BCUT2D eigenvalue weighted by molar-refractivity contribution is -0.227. The third kappa shape index (κ3) is 3.18. The standard InChI is InChI=1S/C30H50O2/c1-20(2)10-9-11-21(3)30(32)19-18-29(8)24(30)13-12-23-27(6)16-15-25(31)26(4,5)22(27)14-17-28(23,29)7/h22-25,31-32H,1,3,9-19H2,2,4-8H3/t22-,23+,24-,25-,27-,28+,29+,30-/m0/s1. The molecule has 32 heavy (non-hydrogen) atoms. The van der Waals surface area contributed by atoms with Crippen molar-refractivity contribution < 1.29 is 10.2 Å². The fraction of sp³-hybridized carbons (Fsp3) is 0.867. The molecule has 0 aliphatic heterocycles. The highest BCUT2D eigenvalue weighted by Crippen LogP contribution is 2.76. The normalized spacial score (nSPS) is 49.6. The van der Waals surface area contributed by atoms with Crippen LogP contribution in [0.3, 0.4) is 0 Å². The molecular formula is C30H50O2. The highest BCUT2D eigenvalue weighted by molar-refractivity contribution is 5.27. The van der Waals surface area contributed by atoms with Gasteiger partial charge in [0.05, 0.1) is 11.7 Å². The number of aliphatic hydroxyl groups excluding tert-OH is 1. The fourth-order valence-electron chi connectivity index (χ4n) is 10.0. The van der Waals surface area contributed by atoms with E-state index in [0.29, 0.717) is 23.2 Å². The van der Waals surface area contributed by atoms with Crippen LogP contribution in [-0.2, 0) is 0 Å². The van der Waals surface area contributed by atoms with Crippen molar-refractivity contribution in [2.24, 2.45) is 39.4 Å². The third-order valence-electron chi connectivity index (χ3n) is 12.1. The molecule has 4 aliphatic carbocycles. The molecule has 0 unspecified atom stereocenters. The van der Waals surface area contributed by atoms with Gasteiger partial charge in [0.25, 0.3) is 0 Å². The maximum absolute atomic E-state index is 12.0. The van der Waals surface area contributed by atoms with Crippen LogP contribution in [0.4, 0.5) is 0 Å². The van der Waals surface area contributed by atoms with Crippen LogP contribution in [-0.4, -0.2) is 21.9 Å². The number of fused-ring (bicyclic) bond motifs is 5. The average Bonchev–Trinajstić information content (AvgIpc) is 2.98. The first-order valence-electron chi connectivity index (χ1n) is 13.5. The minimum Gasteiger partial charge on any atom is -0.393 e. The van der Waals surface area contributed by atoms with Crippen molar-refractivity contribution in [2.45, 2.75) is 124 Å². The van der Waals surface area contributed by atoms with Gasteiger partial charge in [-0.25, -0.2) is 0 Å². The maximum Gasteiger partial charge on any atom is 0.0887 e. The molecule has 4 aliphatic rings. The van der Waals surface area contributed by atoms with E-state index >= 15 is 0 Å². The van der Waals surface area contributed by atoms with E-state index in [-0.39, 0.29) is 22.3 Å². The Kier molecular flexibility index (Phi) is 5.90. The van der Waals surface area contributed by atoms with Crippen LogP contribution in [0.15, 0.2) is 24.3 Å². The zero-order valence-electron chi connectivity index (χ0n) is 21.9. The second kappa shape index (κ2) is 7.70. The highest BCUT2D eigenvalue weighted by Gasteiger charge is 2.70. The summed E-state index contributed by atoms with van der Waals surface area (Å²) in [6.07, 6.45) is 11.7. The Labute approximate surface area is 198 Å². The van der Waals surface area contributed by atoms with E-state index in [0.717, 1.165) is 56.9 Å². The third-order valence-corrected chi connectivity index (χ3v) is 12.1. The highest BCUT2D eigenvalue weighted by atomic mass is 16.3. The molecule has 0 saturated heterocycles. The van der Waals surface area contributed by atoms with Gasteiger partial charge in [0, 0.05) is 0 Å². The molecular weight excluding hydrogens is 392 g/mol. The lowest BCUT2D eigenvalue weighted by atomic mass is 9.35. The first kappa shape index (κ1) is 24.5. The summed E-state index contributed by atoms with van der Waals surface area (Å²) in [4.78, 5) is 0. The molecule has 2 nitrogen and oxygen atoms in total. The molecule has 0 aromatic carbocycles. The predicted octanol–water partition coefficient (Wildman–Crippen LogP) is 7.45. The van der Waals surface area contributed by atoms with Crippen LogP contribution < -0.4 is 0 Å². The summed E-state index contributed by atoms with van der Waals surface area (Å²) in [6, 6.07) is 0. The largest absolute Gasteiger partial charge is 0.393 e. The summed E-state index contributed by atoms with van der Waals surface area (Å²) < 4.78 is 0. The first-order chi connectivity index (χ1) is 14.7. The Bertz CT molecular complexity index is 782. The predicted molar refractivity (Wildman–Crippen MR) is 134 cm³/mol. The van der Waals surface area contributed by atoms with Crippen molar-refractivity contribution in [3.63, 3.8) is 0 Å². The quantitative estimate of drug-likeness (QED) is 0.434. The zero-order valence-corrected chi connectivity index (χ0v) is 21.9. The zero-order chi connectivity index (χ0) is 23.7. The van der Waals surface area contributed by atoms with Crippen LogP contribution >= 0.6 is 0 Å². The molecule has 4 fully saturated rings. The first-order valence-corrected chi connectivity index (χ1v) is 13.5. The van der Waals surface area contributed by atoms with E-state index in [9.17, 15) is 10.2 Å². The summed E-state index contributed by atoms with van der Waals surface area (Å²) >= 11 is 0. The van der Waals surface area contributed by atoms with Gasteiger partial charge >= 0.3 is 0 Å². The molecule has 0 heterocycles. The summed E-state index contributed by atoms with van der Waals surface area (Å²) in [5, 5.41) is 22.9.